The summed E-state index contributed by atoms with van der Waals surface area (Å²) in [6.45, 7) is 0.0738. The maximum absolute atomic E-state index is 13.5. The van der Waals surface area contributed by atoms with Crippen LogP contribution in [0.1, 0.15) is 11.1 Å². The summed E-state index contributed by atoms with van der Waals surface area (Å²) in [6, 6.07) is 27.1. The number of carbonyl (C=O) groups is 3. The summed E-state index contributed by atoms with van der Waals surface area (Å²) in [7, 11) is 0. The Morgan fingerprint density at radius 3 is 2.09 bits per heavy atom. The fourth-order valence-corrected chi connectivity index (χ4v) is 4.91. The number of carbonyl (C=O) groups excluding carboxylic acids is 3. The SMILES string of the molecule is NN1C(=O)[C@@H](C(=O)[C@H](Cc2ccccc2)NC(=O)OCc2ccccc2)[C@@H]1Sc1ccccc1. The monoisotopic (exact) mass is 475 g/mol. The van der Waals surface area contributed by atoms with Crippen LogP contribution in [0.5, 0.6) is 0 Å². The van der Waals surface area contributed by atoms with Crippen molar-refractivity contribution in [3.05, 3.63) is 102 Å². The smallest absolute Gasteiger partial charge is 0.408 e. The fourth-order valence-electron chi connectivity index (χ4n) is 3.71. The van der Waals surface area contributed by atoms with Gasteiger partial charge in [0.2, 0.25) is 0 Å². The Hall–Kier alpha value is -3.62. The molecule has 7 nitrogen and oxygen atoms in total. The standard InChI is InChI=1S/C26H25N3O4S/c27-29-24(31)22(25(29)34-20-14-8-3-9-15-20)23(30)21(16-18-10-4-1-5-11-18)28-26(32)33-17-19-12-6-2-7-13-19/h1-15,21-22,25H,16-17,27H2,(H,28,32)/t21-,22+,25-/m0/s1. The summed E-state index contributed by atoms with van der Waals surface area (Å²) in [6.07, 6.45) is -0.487. The molecule has 3 aromatic carbocycles. The predicted molar refractivity (Wildman–Crippen MR) is 129 cm³/mol. The minimum atomic E-state index is -0.960. The number of ether oxygens (including phenoxy) is 1. The molecular formula is C26H25N3O4S. The second kappa shape index (κ2) is 11.0. The molecule has 0 unspecified atom stereocenters. The predicted octanol–water partition coefficient (Wildman–Crippen LogP) is 3.54. The van der Waals surface area contributed by atoms with Crippen molar-refractivity contribution >= 4 is 29.5 Å². The van der Waals surface area contributed by atoms with Crippen LogP contribution >= 0.6 is 11.8 Å². The highest BCUT2D eigenvalue weighted by Gasteiger charge is 2.52. The summed E-state index contributed by atoms with van der Waals surface area (Å²) in [5.41, 5.74) is 1.68. The fraction of sp³-hybridized carbons (Fsp3) is 0.192. The first-order valence-corrected chi connectivity index (χ1v) is 11.8. The molecule has 1 heterocycles. The van der Waals surface area contributed by atoms with Gasteiger partial charge in [-0.05, 0) is 29.7 Å². The highest BCUT2D eigenvalue weighted by molar-refractivity contribution is 8.00. The van der Waals surface area contributed by atoms with E-state index in [9.17, 15) is 14.4 Å². The van der Waals surface area contributed by atoms with Gasteiger partial charge in [0.15, 0.2) is 5.78 Å². The lowest BCUT2D eigenvalue weighted by Crippen LogP contribution is -2.67. The number of β-lactam (4-membered cyclic amide) rings is 1. The number of hydrazine groups is 1. The minimum absolute atomic E-state index is 0.0738. The van der Waals surface area contributed by atoms with Crippen molar-refractivity contribution in [2.45, 2.75) is 29.3 Å². The molecule has 34 heavy (non-hydrogen) atoms. The highest BCUT2D eigenvalue weighted by atomic mass is 32.2. The van der Waals surface area contributed by atoms with Gasteiger partial charge in [-0.25, -0.2) is 10.6 Å². The number of hydrogen-bond acceptors (Lipinski definition) is 6. The Morgan fingerprint density at radius 2 is 1.47 bits per heavy atom. The van der Waals surface area contributed by atoms with Gasteiger partial charge in [0.1, 0.15) is 17.9 Å². The topological polar surface area (TPSA) is 102 Å². The summed E-state index contributed by atoms with van der Waals surface area (Å²) in [4.78, 5) is 39.5. The normalized spacial score (nSPS) is 18.0. The van der Waals surface area contributed by atoms with Gasteiger partial charge in [-0.15, -0.1) is 0 Å². The molecule has 174 valence electrons. The van der Waals surface area contributed by atoms with Crippen LogP contribution in [0.3, 0.4) is 0 Å². The van der Waals surface area contributed by atoms with Crippen molar-refractivity contribution in [2.24, 2.45) is 11.8 Å². The van der Waals surface area contributed by atoms with E-state index in [1.54, 1.807) is 0 Å². The Labute approximate surface area is 202 Å². The van der Waals surface area contributed by atoms with Crippen molar-refractivity contribution in [3.8, 4) is 0 Å². The third-order valence-electron chi connectivity index (χ3n) is 5.52. The molecule has 2 amide bonds. The Morgan fingerprint density at radius 1 is 0.912 bits per heavy atom. The third kappa shape index (κ3) is 5.65. The van der Waals surface area contributed by atoms with Gasteiger partial charge in [0.25, 0.3) is 5.91 Å². The van der Waals surface area contributed by atoms with Crippen molar-refractivity contribution < 1.29 is 19.1 Å². The average molecular weight is 476 g/mol. The van der Waals surface area contributed by atoms with Crippen LogP contribution in [0.15, 0.2) is 95.9 Å². The van der Waals surface area contributed by atoms with Crippen molar-refractivity contribution in [1.82, 2.24) is 10.3 Å². The van der Waals surface area contributed by atoms with Crippen LogP contribution in [0.4, 0.5) is 4.79 Å². The minimum Gasteiger partial charge on any atom is -0.445 e. The lowest BCUT2D eigenvalue weighted by Gasteiger charge is -2.43. The molecule has 1 fully saturated rings. The van der Waals surface area contributed by atoms with Gasteiger partial charge >= 0.3 is 6.09 Å². The quantitative estimate of drug-likeness (QED) is 0.212. The Bertz CT molecular complexity index is 1130. The molecule has 0 radical (unpaired) electrons. The molecule has 3 N–H and O–H groups in total. The molecule has 0 spiro atoms. The van der Waals surface area contributed by atoms with E-state index < -0.39 is 29.3 Å². The second-order valence-electron chi connectivity index (χ2n) is 7.90. The molecule has 3 atom stereocenters. The number of amides is 2. The molecule has 4 rings (SSSR count). The number of rotatable bonds is 9. The first-order chi connectivity index (χ1) is 16.5. The van der Waals surface area contributed by atoms with Crippen LogP contribution in [0.2, 0.25) is 0 Å². The lowest BCUT2D eigenvalue weighted by molar-refractivity contribution is -0.156. The molecule has 1 saturated heterocycles. The van der Waals surface area contributed by atoms with Gasteiger partial charge in [-0.3, -0.25) is 14.6 Å². The van der Waals surface area contributed by atoms with E-state index in [1.807, 2.05) is 91.0 Å². The third-order valence-corrected chi connectivity index (χ3v) is 6.80. The Balaban J connectivity index is 1.48. The number of thioether (sulfide) groups is 1. The number of nitrogens with zero attached hydrogens (tertiary/aromatic N) is 1. The zero-order chi connectivity index (χ0) is 23.9. The van der Waals surface area contributed by atoms with E-state index in [0.717, 1.165) is 21.0 Å². The average Bonchev–Trinajstić information content (AvgIpc) is 2.88. The summed E-state index contributed by atoms with van der Waals surface area (Å²) >= 11 is 1.34. The van der Waals surface area contributed by atoms with Crippen LogP contribution in [0, 0.1) is 5.92 Å². The molecule has 8 heteroatoms. The van der Waals surface area contributed by atoms with E-state index in [2.05, 4.69) is 5.32 Å². The van der Waals surface area contributed by atoms with E-state index in [0.29, 0.717) is 0 Å². The maximum atomic E-state index is 13.5. The van der Waals surface area contributed by atoms with Gasteiger partial charge in [-0.1, -0.05) is 90.6 Å². The van der Waals surface area contributed by atoms with Crippen LogP contribution in [0.25, 0.3) is 0 Å². The number of Topliss-reactive ketones (excluding diaryl/α,β-unsaturated/α-hetero) is 1. The van der Waals surface area contributed by atoms with Crippen molar-refractivity contribution in [3.63, 3.8) is 0 Å². The summed E-state index contributed by atoms with van der Waals surface area (Å²) in [5.74, 6) is 4.10. The van der Waals surface area contributed by atoms with Gasteiger partial charge in [0.05, 0.1) is 6.04 Å². The van der Waals surface area contributed by atoms with E-state index in [1.165, 1.54) is 11.8 Å². The summed E-state index contributed by atoms with van der Waals surface area (Å²) < 4.78 is 5.32. The van der Waals surface area contributed by atoms with Gasteiger partial charge < -0.3 is 10.1 Å². The van der Waals surface area contributed by atoms with E-state index in [-0.39, 0.29) is 18.8 Å². The molecule has 0 aliphatic carbocycles. The lowest BCUT2D eigenvalue weighted by atomic mass is 9.88. The molecule has 3 aromatic rings. The zero-order valence-corrected chi connectivity index (χ0v) is 19.2. The number of nitrogens with one attached hydrogen (secondary N) is 1. The number of nitrogens with two attached hydrogens (primary N) is 1. The number of hydrogen-bond donors (Lipinski definition) is 2. The molecule has 1 aliphatic rings. The maximum Gasteiger partial charge on any atom is 0.408 e. The first kappa shape index (κ1) is 23.5. The van der Waals surface area contributed by atoms with Crippen LogP contribution in [-0.4, -0.2) is 34.2 Å². The highest BCUT2D eigenvalue weighted by Crippen LogP contribution is 2.38. The largest absolute Gasteiger partial charge is 0.445 e. The van der Waals surface area contributed by atoms with Crippen LogP contribution in [-0.2, 0) is 27.4 Å². The van der Waals surface area contributed by atoms with Crippen molar-refractivity contribution in [1.29, 1.82) is 0 Å². The molecule has 1 aliphatic heterocycles. The molecular weight excluding hydrogens is 450 g/mol. The van der Waals surface area contributed by atoms with Crippen molar-refractivity contribution in [2.75, 3.05) is 0 Å². The second-order valence-corrected chi connectivity index (χ2v) is 9.09. The molecule has 0 bridgehead atoms. The van der Waals surface area contributed by atoms with E-state index >= 15 is 0 Å². The van der Waals surface area contributed by atoms with Crippen LogP contribution < -0.4 is 11.2 Å². The number of benzene rings is 3. The van der Waals surface area contributed by atoms with E-state index in [4.69, 9.17) is 10.6 Å². The zero-order valence-electron chi connectivity index (χ0n) is 18.4. The molecule has 0 saturated carbocycles. The van der Waals surface area contributed by atoms with Gasteiger partial charge in [-0.2, -0.15) is 0 Å². The number of alkyl carbamates (subject to hydrolysis) is 1. The Kier molecular flexibility index (Phi) is 7.61. The number of ketones is 1. The first-order valence-electron chi connectivity index (χ1n) is 10.9. The van der Waals surface area contributed by atoms with Gasteiger partial charge in [0, 0.05) is 4.90 Å². The molecule has 0 aromatic heterocycles. The summed E-state index contributed by atoms with van der Waals surface area (Å²) in [5, 5.41) is 3.20.